The highest BCUT2D eigenvalue weighted by Crippen LogP contribution is 1.93. The van der Waals surface area contributed by atoms with E-state index in [9.17, 15) is 0 Å². The molecule has 13 heavy (non-hydrogen) atoms. The Morgan fingerprint density at radius 2 is 1.46 bits per heavy atom. The summed E-state index contributed by atoms with van der Waals surface area (Å²) in [6.45, 7) is 5.84. The largest absolute Gasteiger partial charge is 0.333 e. The van der Waals surface area contributed by atoms with Gasteiger partial charge in [-0.3, -0.25) is 0 Å². The fourth-order valence-electron chi connectivity index (χ4n) is 0.666. The van der Waals surface area contributed by atoms with E-state index in [1.54, 1.807) is 0 Å². The monoisotopic (exact) mass is 177 g/mol. The molecule has 0 atom stereocenters. The van der Waals surface area contributed by atoms with Crippen LogP contribution in [0.1, 0.15) is 26.3 Å². The molecule has 1 aromatic rings. The van der Waals surface area contributed by atoms with Crippen LogP contribution in [0.2, 0.25) is 0 Å². The quantitative estimate of drug-likeness (QED) is 0.606. The first kappa shape index (κ1) is 14.3. The van der Waals surface area contributed by atoms with Gasteiger partial charge in [0.2, 0.25) is 0 Å². The summed E-state index contributed by atoms with van der Waals surface area (Å²) in [6, 6.07) is 9.95. The van der Waals surface area contributed by atoms with Crippen molar-refractivity contribution in [1.82, 2.24) is 0 Å². The lowest BCUT2D eigenvalue weighted by Crippen LogP contribution is -1.69. The van der Waals surface area contributed by atoms with Crippen molar-refractivity contribution in [1.29, 1.82) is 0 Å². The Labute approximate surface area is 82.0 Å². The van der Waals surface area contributed by atoms with E-state index in [2.05, 4.69) is 17.6 Å². The summed E-state index contributed by atoms with van der Waals surface area (Å²) in [5.74, 6) is 5.79. The van der Waals surface area contributed by atoms with E-state index in [-0.39, 0.29) is 0 Å². The molecule has 1 heteroatoms. The zero-order valence-corrected chi connectivity index (χ0v) is 8.96. The second-order valence-corrected chi connectivity index (χ2v) is 1.74. The van der Waals surface area contributed by atoms with E-state index in [0.717, 1.165) is 5.56 Å². The van der Waals surface area contributed by atoms with Gasteiger partial charge >= 0.3 is 0 Å². The van der Waals surface area contributed by atoms with Gasteiger partial charge < -0.3 is 5.73 Å². The van der Waals surface area contributed by atoms with Crippen molar-refractivity contribution >= 4 is 0 Å². The molecule has 0 aliphatic rings. The molecule has 0 bridgehead atoms. The molecule has 0 heterocycles. The van der Waals surface area contributed by atoms with Gasteiger partial charge in [0.05, 0.1) is 0 Å². The number of rotatable bonds is 0. The van der Waals surface area contributed by atoms with Crippen molar-refractivity contribution < 1.29 is 0 Å². The molecule has 0 saturated heterocycles. The molecule has 0 aliphatic heterocycles. The van der Waals surface area contributed by atoms with Gasteiger partial charge in [-0.25, -0.2) is 0 Å². The normalized spacial score (nSPS) is 6.23. The van der Waals surface area contributed by atoms with Crippen LogP contribution in [0.4, 0.5) is 0 Å². The third-order valence-electron chi connectivity index (χ3n) is 1.04. The second kappa shape index (κ2) is 13.3. The highest BCUT2D eigenvalue weighted by Gasteiger charge is 1.77. The lowest BCUT2D eigenvalue weighted by atomic mass is 10.2. The summed E-state index contributed by atoms with van der Waals surface area (Å²) in [4.78, 5) is 0. The number of hydrogen-bond acceptors (Lipinski definition) is 1. The van der Waals surface area contributed by atoms with Gasteiger partial charge in [-0.1, -0.05) is 38.0 Å². The predicted octanol–water partition coefficient (Wildman–Crippen LogP) is 2.66. The molecule has 0 amide bonds. The zero-order chi connectivity index (χ0) is 10.5. The zero-order valence-electron chi connectivity index (χ0n) is 8.96. The molecule has 0 aromatic heterocycles. The maximum absolute atomic E-state index is 4.50. The predicted molar refractivity (Wildman–Crippen MR) is 60.5 cm³/mol. The van der Waals surface area contributed by atoms with Crippen molar-refractivity contribution in [2.75, 3.05) is 7.05 Å². The fourth-order valence-corrected chi connectivity index (χ4v) is 0.666. The van der Waals surface area contributed by atoms with Crippen LogP contribution in [0.15, 0.2) is 30.3 Å². The Bertz CT molecular complexity index is 228. The van der Waals surface area contributed by atoms with Gasteiger partial charge in [-0.15, -0.1) is 5.92 Å². The van der Waals surface area contributed by atoms with Crippen molar-refractivity contribution in [2.45, 2.75) is 20.8 Å². The average molecular weight is 177 g/mol. The SMILES string of the molecule is CC.CC#Cc1ccccc1.CN. The Morgan fingerprint density at radius 1 is 1.00 bits per heavy atom. The summed E-state index contributed by atoms with van der Waals surface area (Å²) >= 11 is 0. The van der Waals surface area contributed by atoms with Gasteiger partial charge in [-0.2, -0.15) is 0 Å². The van der Waals surface area contributed by atoms with Crippen LogP contribution in [0.5, 0.6) is 0 Å². The highest BCUT2D eigenvalue weighted by molar-refractivity contribution is 5.32. The number of nitrogens with two attached hydrogens (primary N) is 1. The highest BCUT2D eigenvalue weighted by atomic mass is 14.4. The molecule has 0 spiro atoms. The topological polar surface area (TPSA) is 26.0 Å². The minimum absolute atomic E-state index is 1.08. The van der Waals surface area contributed by atoms with E-state index in [1.165, 1.54) is 7.05 Å². The summed E-state index contributed by atoms with van der Waals surface area (Å²) in [6.07, 6.45) is 0. The molecule has 1 aromatic carbocycles. The minimum atomic E-state index is 1.08. The Kier molecular flexibility index (Phi) is 14.6. The van der Waals surface area contributed by atoms with Gasteiger partial charge in [0.15, 0.2) is 0 Å². The standard InChI is InChI=1S/C9H8.C2H6.CH5N/c1-2-6-9-7-4-3-5-8-9;2*1-2/h3-5,7-8H,1H3;1-2H3;2H2,1H3. The molecule has 0 unspecified atom stereocenters. The summed E-state index contributed by atoms with van der Waals surface area (Å²) in [5.41, 5.74) is 5.58. The lowest BCUT2D eigenvalue weighted by molar-refractivity contribution is 1.48. The summed E-state index contributed by atoms with van der Waals surface area (Å²) in [5, 5.41) is 0. The van der Waals surface area contributed by atoms with Crippen molar-refractivity contribution in [3.8, 4) is 11.8 Å². The summed E-state index contributed by atoms with van der Waals surface area (Å²) in [7, 11) is 1.50. The van der Waals surface area contributed by atoms with Gasteiger partial charge in [0.1, 0.15) is 0 Å². The van der Waals surface area contributed by atoms with Crippen LogP contribution in [-0.2, 0) is 0 Å². The Morgan fingerprint density at radius 3 is 1.85 bits per heavy atom. The Balaban J connectivity index is 0. The smallest absolute Gasteiger partial charge is 0.0245 e. The van der Waals surface area contributed by atoms with Gasteiger partial charge in [0.25, 0.3) is 0 Å². The van der Waals surface area contributed by atoms with Crippen LogP contribution < -0.4 is 5.73 Å². The van der Waals surface area contributed by atoms with E-state index < -0.39 is 0 Å². The number of hydrogen-bond donors (Lipinski definition) is 1. The molecule has 0 aliphatic carbocycles. The van der Waals surface area contributed by atoms with Crippen LogP contribution >= 0.6 is 0 Å². The molecular formula is C12H19N. The maximum atomic E-state index is 4.50. The van der Waals surface area contributed by atoms with Crippen molar-refractivity contribution in [2.24, 2.45) is 5.73 Å². The van der Waals surface area contributed by atoms with Crippen molar-refractivity contribution in [3.63, 3.8) is 0 Å². The molecule has 1 nitrogen and oxygen atoms in total. The second-order valence-electron chi connectivity index (χ2n) is 1.74. The first-order valence-corrected chi connectivity index (χ1v) is 4.49. The van der Waals surface area contributed by atoms with E-state index >= 15 is 0 Å². The third kappa shape index (κ3) is 8.65. The molecule has 1 rings (SSSR count). The Hall–Kier alpha value is -1.26. The van der Waals surface area contributed by atoms with Gasteiger partial charge in [-0.05, 0) is 26.1 Å². The molecule has 0 saturated carbocycles. The molecule has 2 N–H and O–H groups in total. The minimum Gasteiger partial charge on any atom is -0.333 e. The summed E-state index contributed by atoms with van der Waals surface area (Å²) < 4.78 is 0. The average Bonchev–Trinajstić information content (AvgIpc) is 2.26. The first-order valence-electron chi connectivity index (χ1n) is 4.49. The van der Waals surface area contributed by atoms with E-state index in [1.807, 2.05) is 51.1 Å². The lowest BCUT2D eigenvalue weighted by Gasteiger charge is -1.83. The van der Waals surface area contributed by atoms with Crippen LogP contribution in [0.3, 0.4) is 0 Å². The third-order valence-corrected chi connectivity index (χ3v) is 1.04. The molecular weight excluding hydrogens is 158 g/mol. The van der Waals surface area contributed by atoms with E-state index in [0.29, 0.717) is 0 Å². The maximum Gasteiger partial charge on any atom is 0.0245 e. The fraction of sp³-hybridized carbons (Fsp3) is 0.333. The van der Waals surface area contributed by atoms with Crippen LogP contribution in [0.25, 0.3) is 0 Å². The first-order chi connectivity index (χ1) is 6.43. The molecule has 0 fully saturated rings. The van der Waals surface area contributed by atoms with E-state index in [4.69, 9.17) is 0 Å². The molecule has 0 radical (unpaired) electrons. The molecule has 72 valence electrons. The van der Waals surface area contributed by atoms with Crippen LogP contribution in [0, 0.1) is 11.8 Å². The van der Waals surface area contributed by atoms with Crippen molar-refractivity contribution in [3.05, 3.63) is 35.9 Å². The van der Waals surface area contributed by atoms with Crippen LogP contribution in [-0.4, -0.2) is 7.05 Å². The van der Waals surface area contributed by atoms with Gasteiger partial charge in [0, 0.05) is 5.56 Å². The number of benzene rings is 1.